The molecule has 90 valence electrons. The average molecular weight is 239 g/mol. The van der Waals surface area contributed by atoms with Crippen molar-refractivity contribution in [2.24, 2.45) is 5.73 Å². The Balaban J connectivity index is 1.97. The molecular weight excluding hydrogens is 218 g/mol. The van der Waals surface area contributed by atoms with Crippen molar-refractivity contribution in [1.29, 1.82) is 0 Å². The first-order valence-corrected chi connectivity index (χ1v) is 6.99. The van der Waals surface area contributed by atoms with Gasteiger partial charge in [0.15, 0.2) is 0 Å². The quantitative estimate of drug-likeness (QED) is 0.872. The lowest BCUT2D eigenvalue weighted by atomic mass is 10.1. The SMILES string of the molecule is CCN1CCC(c2nc(CC(C)N)cs2)C1. The van der Waals surface area contributed by atoms with Crippen molar-refractivity contribution in [3.63, 3.8) is 0 Å². The molecule has 0 saturated carbocycles. The molecule has 0 radical (unpaired) electrons. The number of rotatable bonds is 4. The van der Waals surface area contributed by atoms with Gasteiger partial charge in [0, 0.05) is 30.3 Å². The third-order valence-corrected chi connectivity index (χ3v) is 4.23. The molecule has 1 aliphatic rings. The van der Waals surface area contributed by atoms with E-state index in [0.717, 1.165) is 13.0 Å². The Hall–Kier alpha value is -0.450. The van der Waals surface area contributed by atoms with E-state index in [1.54, 1.807) is 0 Å². The van der Waals surface area contributed by atoms with Crippen LogP contribution >= 0.6 is 11.3 Å². The first-order chi connectivity index (χ1) is 7.69. The normalized spacial score (nSPS) is 23.8. The van der Waals surface area contributed by atoms with E-state index in [-0.39, 0.29) is 6.04 Å². The van der Waals surface area contributed by atoms with E-state index >= 15 is 0 Å². The first kappa shape index (κ1) is 12.0. The van der Waals surface area contributed by atoms with Crippen molar-refractivity contribution in [1.82, 2.24) is 9.88 Å². The van der Waals surface area contributed by atoms with Crippen LogP contribution in [0.15, 0.2) is 5.38 Å². The molecule has 2 atom stereocenters. The molecule has 1 aromatic rings. The van der Waals surface area contributed by atoms with Crippen molar-refractivity contribution in [2.75, 3.05) is 19.6 Å². The number of likely N-dealkylation sites (N-methyl/N-ethyl adjacent to an activating group) is 1. The molecule has 16 heavy (non-hydrogen) atoms. The molecule has 0 spiro atoms. The van der Waals surface area contributed by atoms with Crippen LogP contribution in [0.25, 0.3) is 0 Å². The number of likely N-dealkylation sites (tertiary alicyclic amines) is 1. The molecule has 4 heteroatoms. The lowest BCUT2D eigenvalue weighted by molar-refractivity contribution is 0.354. The number of nitrogens with two attached hydrogens (primary N) is 1. The van der Waals surface area contributed by atoms with Gasteiger partial charge in [0.25, 0.3) is 0 Å². The number of aromatic nitrogens is 1. The van der Waals surface area contributed by atoms with Crippen LogP contribution in [0.5, 0.6) is 0 Å². The molecular formula is C12H21N3S. The molecule has 1 saturated heterocycles. The standard InChI is InChI=1S/C12H21N3S/c1-3-15-5-4-10(7-15)12-14-11(8-16-12)6-9(2)13/h8-10H,3-7,13H2,1-2H3. The van der Waals surface area contributed by atoms with Crippen LogP contribution in [0, 0.1) is 0 Å². The maximum absolute atomic E-state index is 5.79. The first-order valence-electron chi connectivity index (χ1n) is 6.11. The summed E-state index contributed by atoms with van der Waals surface area (Å²) in [4.78, 5) is 7.21. The van der Waals surface area contributed by atoms with Crippen molar-refractivity contribution in [3.8, 4) is 0 Å². The second-order valence-electron chi connectivity index (χ2n) is 4.74. The van der Waals surface area contributed by atoms with Crippen molar-refractivity contribution in [3.05, 3.63) is 16.1 Å². The van der Waals surface area contributed by atoms with E-state index in [1.165, 1.54) is 30.2 Å². The van der Waals surface area contributed by atoms with Gasteiger partial charge in [0.05, 0.1) is 10.7 Å². The minimum atomic E-state index is 0.214. The summed E-state index contributed by atoms with van der Waals surface area (Å²) < 4.78 is 0. The van der Waals surface area contributed by atoms with Crippen molar-refractivity contribution >= 4 is 11.3 Å². The minimum Gasteiger partial charge on any atom is -0.328 e. The highest BCUT2D eigenvalue weighted by molar-refractivity contribution is 7.09. The van der Waals surface area contributed by atoms with Gasteiger partial charge in [-0.15, -0.1) is 11.3 Å². The van der Waals surface area contributed by atoms with E-state index < -0.39 is 0 Å². The molecule has 0 amide bonds. The lowest BCUT2D eigenvalue weighted by Gasteiger charge is -2.11. The summed E-state index contributed by atoms with van der Waals surface area (Å²) in [5, 5.41) is 3.49. The third kappa shape index (κ3) is 2.81. The average Bonchev–Trinajstić information content (AvgIpc) is 2.83. The summed E-state index contributed by atoms with van der Waals surface area (Å²) in [6.07, 6.45) is 2.17. The molecule has 2 heterocycles. The van der Waals surface area contributed by atoms with Crippen LogP contribution in [0.2, 0.25) is 0 Å². The number of hydrogen-bond donors (Lipinski definition) is 1. The molecule has 1 aromatic heterocycles. The molecule has 1 aliphatic heterocycles. The van der Waals surface area contributed by atoms with E-state index in [2.05, 4.69) is 17.2 Å². The highest BCUT2D eigenvalue weighted by Crippen LogP contribution is 2.29. The maximum Gasteiger partial charge on any atom is 0.0972 e. The molecule has 2 N–H and O–H groups in total. The molecule has 1 fully saturated rings. The van der Waals surface area contributed by atoms with Crippen molar-refractivity contribution < 1.29 is 0 Å². The maximum atomic E-state index is 5.79. The zero-order valence-corrected chi connectivity index (χ0v) is 11.0. The van der Waals surface area contributed by atoms with Gasteiger partial charge in [0.1, 0.15) is 0 Å². The summed E-state index contributed by atoms with van der Waals surface area (Å²) in [5.74, 6) is 0.659. The summed E-state index contributed by atoms with van der Waals surface area (Å²) >= 11 is 1.81. The second-order valence-corrected chi connectivity index (χ2v) is 5.63. The molecule has 0 aliphatic carbocycles. The van der Waals surface area contributed by atoms with E-state index in [4.69, 9.17) is 10.7 Å². The van der Waals surface area contributed by atoms with Crippen LogP contribution in [0.3, 0.4) is 0 Å². The fourth-order valence-electron chi connectivity index (χ4n) is 2.26. The summed E-state index contributed by atoms with van der Waals surface area (Å²) in [5.41, 5.74) is 6.96. The van der Waals surface area contributed by atoms with Gasteiger partial charge in [0.2, 0.25) is 0 Å². The van der Waals surface area contributed by atoms with Gasteiger partial charge in [-0.2, -0.15) is 0 Å². The van der Waals surface area contributed by atoms with Crippen LogP contribution < -0.4 is 5.73 Å². The fraction of sp³-hybridized carbons (Fsp3) is 0.750. The van der Waals surface area contributed by atoms with Gasteiger partial charge < -0.3 is 10.6 Å². The Morgan fingerprint density at radius 1 is 1.69 bits per heavy atom. The Bertz CT molecular complexity index is 335. The molecule has 2 unspecified atom stereocenters. The van der Waals surface area contributed by atoms with Crippen LogP contribution in [0.4, 0.5) is 0 Å². The predicted molar refractivity (Wildman–Crippen MR) is 68.9 cm³/mol. The number of nitrogens with zero attached hydrogens (tertiary/aromatic N) is 2. The second kappa shape index (κ2) is 5.25. The number of thiazole rings is 1. The predicted octanol–water partition coefficient (Wildman–Crippen LogP) is 1.84. The van der Waals surface area contributed by atoms with Gasteiger partial charge in [-0.3, -0.25) is 0 Å². The van der Waals surface area contributed by atoms with Crippen LogP contribution in [0.1, 0.15) is 36.9 Å². The highest BCUT2D eigenvalue weighted by Gasteiger charge is 2.24. The molecule has 0 bridgehead atoms. The van der Waals surface area contributed by atoms with Crippen molar-refractivity contribution in [2.45, 2.75) is 38.6 Å². The van der Waals surface area contributed by atoms with E-state index in [9.17, 15) is 0 Å². The third-order valence-electron chi connectivity index (χ3n) is 3.17. The zero-order valence-electron chi connectivity index (χ0n) is 10.1. The topological polar surface area (TPSA) is 42.2 Å². The van der Waals surface area contributed by atoms with E-state index in [0.29, 0.717) is 5.92 Å². The van der Waals surface area contributed by atoms with Gasteiger partial charge >= 0.3 is 0 Å². The Morgan fingerprint density at radius 3 is 3.12 bits per heavy atom. The fourth-order valence-corrected chi connectivity index (χ4v) is 3.22. The molecule has 2 rings (SSSR count). The van der Waals surface area contributed by atoms with Gasteiger partial charge in [-0.05, 0) is 26.4 Å². The molecule has 0 aromatic carbocycles. The zero-order chi connectivity index (χ0) is 11.5. The summed E-state index contributed by atoms with van der Waals surface area (Å²) in [6, 6.07) is 0.214. The lowest BCUT2D eigenvalue weighted by Crippen LogP contribution is -2.19. The highest BCUT2D eigenvalue weighted by atomic mass is 32.1. The summed E-state index contributed by atoms with van der Waals surface area (Å²) in [6.45, 7) is 7.83. The van der Waals surface area contributed by atoms with Gasteiger partial charge in [-0.1, -0.05) is 6.92 Å². The number of hydrogen-bond acceptors (Lipinski definition) is 4. The van der Waals surface area contributed by atoms with Crippen LogP contribution in [-0.4, -0.2) is 35.6 Å². The summed E-state index contributed by atoms with van der Waals surface area (Å²) in [7, 11) is 0. The minimum absolute atomic E-state index is 0.214. The smallest absolute Gasteiger partial charge is 0.0972 e. The van der Waals surface area contributed by atoms with Gasteiger partial charge in [-0.25, -0.2) is 4.98 Å². The largest absolute Gasteiger partial charge is 0.328 e. The monoisotopic (exact) mass is 239 g/mol. The van der Waals surface area contributed by atoms with Crippen LogP contribution in [-0.2, 0) is 6.42 Å². The Labute approximate surface area is 102 Å². The molecule has 3 nitrogen and oxygen atoms in total. The Kier molecular flexibility index (Phi) is 3.95. The Morgan fingerprint density at radius 2 is 2.50 bits per heavy atom. The van der Waals surface area contributed by atoms with E-state index in [1.807, 2.05) is 18.3 Å².